The highest BCUT2D eigenvalue weighted by molar-refractivity contribution is 5.85. The van der Waals surface area contributed by atoms with Crippen molar-refractivity contribution in [2.24, 2.45) is 0 Å². The number of nitrogens with two attached hydrogens (primary N) is 1. The van der Waals surface area contributed by atoms with Crippen LogP contribution in [-0.4, -0.2) is 9.97 Å². The summed E-state index contributed by atoms with van der Waals surface area (Å²) in [5.41, 5.74) is 1.41. The lowest BCUT2D eigenvalue weighted by molar-refractivity contribution is -0.140. The first kappa shape index (κ1) is 13.4. The van der Waals surface area contributed by atoms with Crippen LogP contribution in [0.25, 0.3) is 10.9 Å². The van der Waals surface area contributed by atoms with Gasteiger partial charge in [-0.2, -0.15) is 26.3 Å². The molecular weight excluding hydrogens is 276 g/mol. The quantitative estimate of drug-likeness (QED) is 0.754. The number of hydrogen-bond donors (Lipinski definition) is 1. The third-order valence-electron chi connectivity index (χ3n) is 2.32. The molecule has 3 nitrogen and oxygen atoms in total. The summed E-state index contributed by atoms with van der Waals surface area (Å²) in [7, 11) is 0. The number of para-hydroxylation sites is 1. The number of nitrogen functional groups attached to an aromatic ring is 1. The predicted molar refractivity (Wildman–Crippen MR) is 54.0 cm³/mol. The summed E-state index contributed by atoms with van der Waals surface area (Å²) < 4.78 is 76.2. The molecule has 0 fully saturated rings. The summed E-state index contributed by atoms with van der Waals surface area (Å²) in [5, 5.41) is -0.739. The number of fused-ring (bicyclic) bond motifs is 1. The average molecular weight is 281 g/mol. The molecule has 0 bridgehead atoms. The Kier molecular flexibility index (Phi) is 2.79. The Morgan fingerprint density at radius 3 is 2.05 bits per heavy atom. The van der Waals surface area contributed by atoms with Crippen molar-refractivity contribution in [3.63, 3.8) is 0 Å². The Labute approximate surface area is 102 Å². The van der Waals surface area contributed by atoms with E-state index in [0.29, 0.717) is 6.07 Å². The summed E-state index contributed by atoms with van der Waals surface area (Å²) in [5.74, 6) is -0.864. The maximum absolute atomic E-state index is 12.7. The molecule has 0 aliphatic heterocycles. The first-order valence-electron chi connectivity index (χ1n) is 4.81. The molecule has 0 saturated heterocycles. The molecule has 0 aliphatic rings. The van der Waals surface area contributed by atoms with Crippen molar-refractivity contribution in [1.82, 2.24) is 9.97 Å². The standard InChI is InChI=1S/C10H5F6N3/c11-9(12,13)5-3-1-2-4-6(5)18-8(17)19-7(4)10(14,15)16/h1-3H,(H2,17,18,19). The van der Waals surface area contributed by atoms with Crippen molar-refractivity contribution in [2.45, 2.75) is 12.4 Å². The minimum Gasteiger partial charge on any atom is -0.368 e. The van der Waals surface area contributed by atoms with Crippen molar-refractivity contribution in [3.8, 4) is 0 Å². The second-order valence-electron chi connectivity index (χ2n) is 3.63. The number of halogens is 6. The molecule has 2 N–H and O–H groups in total. The maximum atomic E-state index is 12.7. The number of hydrogen-bond acceptors (Lipinski definition) is 3. The monoisotopic (exact) mass is 281 g/mol. The van der Waals surface area contributed by atoms with E-state index in [1.165, 1.54) is 0 Å². The fraction of sp³-hybridized carbons (Fsp3) is 0.200. The summed E-state index contributed by atoms with van der Waals surface area (Å²) in [4.78, 5) is 6.23. The largest absolute Gasteiger partial charge is 0.434 e. The fourth-order valence-electron chi connectivity index (χ4n) is 1.61. The molecule has 9 heteroatoms. The average Bonchev–Trinajstić information content (AvgIpc) is 2.24. The zero-order valence-electron chi connectivity index (χ0n) is 8.97. The van der Waals surface area contributed by atoms with Gasteiger partial charge in [-0.1, -0.05) is 12.1 Å². The Morgan fingerprint density at radius 2 is 1.53 bits per heavy atom. The Balaban J connectivity index is 2.90. The highest BCUT2D eigenvalue weighted by Crippen LogP contribution is 2.38. The smallest absolute Gasteiger partial charge is 0.368 e. The second kappa shape index (κ2) is 3.97. The van der Waals surface area contributed by atoms with E-state index in [2.05, 4.69) is 9.97 Å². The van der Waals surface area contributed by atoms with Crippen LogP contribution in [-0.2, 0) is 12.4 Å². The molecule has 1 aromatic heterocycles. The highest BCUT2D eigenvalue weighted by Gasteiger charge is 2.38. The van der Waals surface area contributed by atoms with Gasteiger partial charge in [0.2, 0.25) is 5.95 Å². The van der Waals surface area contributed by atoms with E-state index >= 15 is 0 Å². The van der Waals surface area contributed by atoms with Crippen LogP contribution in [0.1, 0.15) is 11.3 Å². The molecule has 0 spiro atoms. The number of benzene rings is 1. The van der Waals surface area contributed by atoms with Crippen LogP contribution in [0.2, 0.25) is 0 Å². The fourth-order valence-corrected chi connectivity index (χ4v) is 1.61. The SMILES string of the molecule is Nc1nc(C(F)(F)F)c2cccc(C(F)(F)F)c2n1. The first-order chi connectivity index (χ1) is 8.60. The molecule has 19 heavy (non-hydrogen) atoms. The van der Waals surface area contributed by atoms with E-state index in [9.17, 15) is 26.3 Å². The zero-order valence-corrected chi connectivity index (χ0v) is 8.97. The van der Waals surface area contributed by atoms with Gasteiger partial charge >= 0.3 is 12.4 Å². The first-order valence-corrected chi connectivity index (χ1v) is 4.81. The van der Waals surface area contributed by atoms with Gasteiger partial charge in [-0.15, -0.1) is 0 Å². The molecule has 0 amide bonds. The van der Waals surface area contributed by atoms with Crippen LogP contribution in [0.5, 0.6) is 0 Å². The van der Waals surface area contributed by atoms with Crippen LogP contribution in [0.15, 0.2) is 18.2 Å². The van der Waals surface area contributed by atoms with Crippen LogP contribution < -0.4 is 5.73 Å². The third kappa shape index (κ3) is 2.40. The van der Waals surface area contributed by atoms with E-state index in [0.717, 1.165) is 12.1 Å². The summed E-state index contributed by atoms with van der Waals surface area (Å²) in [6, 6.07) is 2.36. The van der Waals surface area contributed by atoms with E-state index in [1.54, 1.807) is 0 Å². The van der Waals surface area contributed by atoms with Gasteiger partial charge in [0.1, 0.15) is 0 Å². The van der Waals surface area contributed by atoms with Crippen molar-refractivity contribution < 1.29 is 26.3 Å². The summed E-state index contributed by atoms with van der Waals surface area (Å²) in [6.07, 6.45) is -9.75. The molecule has 0 unspecified atom stereocenters. The van der Waals surface area contributed by atoms with Crippen LogP contribution in [0.3, 0.4) is 0 Å². The van der Waals surface area contributed by atoms with Crippen molar-refractivity contribution >= 4 is 16.9 Å². The lowest BCUT2D eigenvalue weighted by atomic mass is 10.1. The van der Waals surface area contributed by atoms with Gasteiger partial charge in [-0.25, -0.2) is 9.97 Å². The topological polar surface area (TPSA) is 51.8 Å². The van der Waals surface area contributed by atoms with Crippen LogP contribution in [0.4, 0.5) is 32.3 Å². The molecule has 0 atom stereocenters. The maximum Gasteiger partial charge on any atom is 0.434 e. The van der Waals surface area contributed by atoms with E-state index < -0.39 is 40.5 Å². The van der Waals surface area contributed by atoms with Gasteiger partial charge in [-0.05, 0) is 6.07 Å². The third-order valence-corrected chi connectivity index (χ3v) is 2.32. The molecule has 102 valence electrons. The Bertz CT molecular complexity index is 631. The van der Waals surface area contributed by atoms with Gasteiger partial charge in [-0.3, -0.25) is 0 Å². The molecule has 1 aromatic carbocycles. The van der Waals surface area contributed by atoms with Crippen molar-refractivity contribution in [2.75, 3.05) is 5.73 Å². The number of alkyl halides is 6. The minimum absolute atomic E-state index is 0.634. The van der Waals surface area contributed by atoms with E-state index in [1.807, 2.05) is 0 Å². The summed E-state index contributed by atoms with van der Waals surface area (Å²) in [6.45, 7) is 0. The molecule has 0 radical (unpaired) electrons. The second-order valence-corrected chi connectivity index (χ2v) is 3.63. The molecule has 0 saturated carbocycles. The predicted octanol–water partition coefficient (Wildman–Crippen LogP) is 3.25. The molecule has 1 heterocycles. The van der Waals surface area contributed by atoms with Crippen LogP contribution in [0, 0.1) is 0 Å². The molecular formula is C10H5F6N3. The van der Waals surface area contributed by atoms with E-state index in [4.69, 9.17) is 5.73 Å². The van der Waals surface area contributed by atoms with Gasteiger partial charge in [0.25, 0.3) is 0 Å². The number of aromatic nitrogens is 2. The lowest BCUT2D eigenvalue weighted by Crippen LogP contribution is -2.14. The Morgan fingerprint density at radius 1 is 0.895 bits per heavy atom. The normalized spacial score (nSPS) is 12.9. The van der Waals surface area contributed by atoms with Gasteiger partial charge in [0.15, 0.2) is 5.69 Å². The summed E-state index contributed by atoms with van der Waals surface area (Å²) >= 11 is 0. The zero-order chi connectivity index (χ0) is 14.4. The van der Waals surface area contributed by atoms with Crippen molar-refractivity contribution in [3.05, 3.63) is 29.5 Å². The van der Waals surface area contributed by atoms with Crippen LogP contribution >= 0.6 is 0 Å². The minimum atomic E-state index is -4.92. The molecule has 2 rings (SSSR count). The number of rotatable bonds is 0. The van der Waals surface area contributed by atoms with Gasteiger partial charge < -0.3 is 5.73 Å². The van der Waals surface area contributed by atoms with E-state index in [-0.39, 0.29) is 0 Å². The lowest BCUT2D eigenvalue weighted by Gasteiger charge is -2.13. The van der Waals surface area contributed by atoms with Crippen molar-refractivity contribution in [1.29, 1.82) is 0 Å². The Hall–Kier alpha value is -2.06. The van der Waals surface area contributed by atoms with Gasteiger partial charge in [0, 0.05) is 5.39 Å². The highest BCUT2D eigenvalue weighted by atomic mass is 19.4. The molecule has 0 aliphatic carbocycles. The van der Waals surface area contributed by atoms with Gasteiger partial charge in [0.05, 0.1) is 11.1 Å². The number of anilines is 1. The number of nitrogens with zero attached hydrogens (tertiary/aromatic N) is 2. The molecule has 2 aromatic rings.